The van der Waals surface area contributed by atoms with Gasteiger partial charge in [0.25, 0.3) is 0 Å². The summed E-state index contributed by atoms with van der Waals surface area (Å²) in [5, 5.41) is 10.0. The zero-order valence-corrected chi connectivity index (χ0v) is 61.3. The molecule has 3 nitrogen and oxygen atoms in total. The van der Waals surface area contributed by atoms with Crippen molar-refractivity contribution in [1.29, 1.82) is 0 Å². The van der Waals surface area contributed by atoms with Crippen molar-refractivity contribution >= 4 is 96.9 Å². The molecule has 0 fully saturated rings. The average Bonchev–Trinajstić information content (AvgIpc) is 1.70. The van der Waals surface area contributed by atoms with E-state index in [0.29, 0.717) is 0 Å². The number of thiophene rings is 1. The Balaban J connectivity index is 0.626. The Labute approximate surface area is 628 Å². The first kappa shape index (κ1) is 62.6. The van der Waals surface area contributed by atoms with E-state index in [2.05, 4.69) is 420 Å². The van der Waals surface area contributed by atoms with Gasteiger partial charge in [0, 0.05) is 22.1 Å². The number of hydrogen-bond acceptors (Lipinski definition) is 1. The van der Waals surface area contributed by atoms with Crippen molar-refractivity contribution < 1.29 is 18.4 Å². The summed E-state index contributed by atoms with van der Waals surface area (Å²) in [6.07, 6.45) is 0. The SMILES string of the molecule is c1ccc([I-](c2ccccc2)(c2cccc(-c3cccc4c3sc3ccccc34)c2)c2cccc(-n3c4ccccc4c4c(-c5ccc6c(c5)c5ccccc5n6-c5cccc(-c6cccc(-c7cccc(-c8cccc(-c9cccc(-n%10c%11ccccc%11c%11ccccc%11%10)c9)c8)c7)c6)c5)cccc43)c2)cc1. The molecule has 0 amide bonds. The second-order valence-electron chi connectivity index (χ2n) is 27.8. The third-order valence-electron chi connectivity index (χ3n) is 21.8. The molecular formula is C102H67IN3S-. The zero-order chi connectivity index (χ0) is 70.5. The Kier molecular flexibility index (Phi) is 15.1. The second kappa shape index (κ2) is 25.8. The van der Waals surface area contributed by atoms with Gasteiger partial charge in [-0.2, -0.15) is 0 Å². The topological polar surface area (TPSA) is 14.8 Å². The Morgan fingerprint density at radius 3 is 1.09 bits per heavy atom. The summed E-state index contributed by atoms with van der Waals surface area (Å²) in [4.78, 5) is 0. The van der Waals surface area contributed by atoms with Crippen LogP contribution >= 0.6 is 11.3 Å². The van der Waals surface area contributed by atoms with Gasteiger partial charge in [0.15, 0.2) is 0 Å². The molecule has 17 aromatic carbocycles. The summed E-state index contributed by atoms with van der Waals surface area (Å²) in [5.41, 5.74) is 24.8. The molecule has 0 radical (unpaired) electrons. The molecule has 4 heterocycles. The molecule has 0 saturated heterocycles. The number of fused-ring (bicyclic) bond motifs is 12. The normalized spacial score (nSPS) is 12.1. The van der Waals surface area contributed by atoms with E-state index < -0.39 is 18.4 Å². The van der Waals surface area contributed by atoms with Crippen molar-refractivity contribution in [3.63, 3.8) is 0 Å². The first-order chi connectivity index (χ1) is 53.1. The van der Waals surface area contributed by atoms with Gasteiger partial charge in [0.1, 0.15) is 0 Å². The molecule has 107 heavy (non-hydrogen) atoms. The number of hydrogen-bond donors (Lipinski definition) is 0. The van der Waals surface area contributed by atoms with Crippen LogP contribution in [-0.4, -0.2) is 13.7 Å². The summed E-state index contributed by atoms with van der Waals surface area (Å²) in [5.74, 6) is 0. The van der Waals surface area contributed by atoms with Crippen LogP contribution in [0.1, 0.15) is 0 Å². The molecule has 0 bridgehead atoms. The quantitative estimate of drug-likeness (QED) is 0.102. The van der Waals surface area contributed by atoms with E-state index in [1.807, 2.05) is 11.3 Å². The fraction of sp³-hybridized carbons (Fsp3) is 0. The zero-order valence-electron chi connectivity index (χ0n) is 58.3. The molecule has 4 aromatic heterocycles. The first-order valence-corrected chi connectivity index (χ1v) is 41.7. The Morgan fingerprint density at radius 2 is 0.533 bits per heavy atom. The van der Waals surface area contributed by atoms with Gasteiger partial charge in [-0.15, -0.1) is 0 Å². The summed E-state index contributed by atoms with van der Waals surface area (Å²) >= 11 is -1.86. The number of rotatable bonds is 13. The van der Waals surface area contributed by atoms with E-state index in [1.54, 1.807) is 0 Å². The molecule has 0 atom stereocenters. The first-order valence-electron chi connectivity index (χ1n) is 36.6. The summed E-state index contributed by atoms with van der Waals surface area (Å²) in [6.45, 7) is 0. The van der Waals surface area contributed by atoms with Crippen LogP contribution in [0, 0.1) is 14.3 Å². The molecule has 21 aromatic rings. The van der Waals surface area contributed by atoms with Crippen LogP contribution in [0.4, 0.5) is 0 Å². The van der Waals surface area contributed by atoms with Gasteiger partial charge in [-0.3, -0.25) is 0 Å². The van der Waals surface area contributed by atoms with E-state index >= 15 is 0 Å². The van der Waals surface area contributed by atoms with Crippen molar-refractivity contribution in [2.24, 2.45) is 0 Å². The van der Waals surface area contributed by atoms with Crippen molar-refractivity contribution in [1.82, 2.24) is 13.7 Å². The minimum absolute atomic E-state index is 1.12. The molecule has 21 rings (SSSR count). The molecule has 0 aliphatic carbocycles. The summed E-state index contributed by atoms with van der Waals surface area (Å²) in [7, 11) is 0. The van der Waals surface area contributed by atoms with Crippen LogP contribution in [0.15, 0.2) is 406 Å². The molecule has 0 unspecified atom stereocenters. The van der Waals surface area contributed by atoms with Gasteiger partial charge in [0.05, 0.1) is 11.0 Å². The van der Waals surface area contributed by atoms with Crippen LogP contribution < -0.4 is 18.4 Å². The third kappa shape index (κ3) is 10.4. The number of halogens is 1. The molecule has 0 spiro atoms. The molecule has 0 aliphatic rings. The van der Waals surface area contributed by atoms with E-state index in [1.165, 1.54) is 156 Å². The predicted octanol–water partition coefficient (Wildman–Crippen LogP) is 24.3. The summed E-state index contributed by atoms with van der Waals surface area (Å²) in [6, 6.07) is 152. The molecule has 0 saturated carbocycles. The van der Waals surface area contributed by atoms with E-state index in [0.717, 1.165) is 28.1 Å². The maximum absolute atomic E-state index is 3.76. The Morgan fingerprint density at radius 1 is 0.187 bits per heavy atom. The standard InChI is InChI=1S/C102H67IN3S/c1-3-35-78(36-4-1)103(79-37-5-2-6-38-79,80-39-20-34-76(63-80)86-50-24-51-91-90-47-11-16-57-100(90)107-102(86)91)81-40-23-43-84(67-81)106-97-55-15-10-48-92(97)101-85(49-25-56-99(101)106)77-58-59-98-93(66-77)89-46-9-14-54-96(89)105(98)83-42-22-33-75(65-83)73-31-19-29-71(62-73)69-27-17-26-68(60-69)70-28-18-30-72(61-70)74-32-21-41-82(64-74)104-94-52-12-7-44-87(94)88-45-8-13-53-95(88)104/h1-67H/q-1. The minimum atomic E-state index is -3.76. The summed E-state index contributed by atoms with van der Waals surface area (Å²) < 4.78 is 15.5. The predicted molar refractivity (Wildman–Crippen MR) is 449 cm³/mol. The van der Waals surface area contributed by atoms with Crippen LogP contribution in [0.2, 0.25) is 0 Å². The van der Waals surface area contributed by atoms with Crippen molar-refractivity contribution in [2.75, 3.05) is 0 Å². The van der Waals surface area contributed by atoms with Crippen LogP contribution in [-0.2, 0) is 0 Å². The number of benzene rings is 17. The number of para-hydroxylation sites is 4. The third-order valence-corrected chi connectivity index (χ3v) is 33.2. The average molecular weight is 1490 g/mol. The Bertz CT molecular complexity index is 7000. The number of nitrogens with zero attached hydrogens (tertiary/aromatic N) is 3. The van der Waals surface area contributed by atoms with Crippen molar-refractivity contribution in [3.05, 3.63) is 421 Å². The molecule has 0 N–H and O–H groups in total. The van der Waals surface area contributed by atoms with E-state index in [-0.39, 0.29) is 0 Å². The van der Waals surface area contributed by atoms with Gasteiger partial charge in [-0.25, -0.2) is 0 Å². The molecule has 0 aliphatic heterocycles. The number of aromatic nitrogens is 3. The van der Waals surface area contributed by atoms with Gasteiger partial charge in [-0.1, -0.05) is 127 Å². The van der Waals surface area contributed by atoms with Gasteiger partial charge < -0.3 is 4.57 Å². The van der Waals surface area contributed by atoms with Crippen LogP contribution in [0.3, 0.4) is 0 Å². The van der Waals surface area contributed by atoms with Gasteiger partial charge in [-0.05, 0) is 105 Å². The molecular weight excluding hydrogens is 1430 g/mol. The molecule has 5 heteroatoms. The van der Waals surface area contributed by atoms with Crippen LogP contribution in [0.5, 0.6) is 0 Å². The van der Waals surface area contributed by atoms with Gasteiger partial charge in [0.2, 0.25) is 0 Å². The van der Waals surface area contributed by atoms with Crippen LogP contribution in [0.25, 0.3) is 169 Å². The van der Waals surface area contributed by atoms with Crippen molar-refractivity contribution in [3.8, 4) is 83.8 Å². The monoisotopic (exact) mass is 1490 g/mol. The maximum atomic E-state index is 2.54. The second-order valence-corrected chi connectivity index (χ2v) is 37.0. The molecule has 504 valence electrons. The van der Waals surface area contributed by atoms with E-state index in [4.69, 9.17) is 0 Å². The Hall–Kier alpha value is -12.9. The van der Waals surface area contributed by atoms with E-state index in [9.17, 15) is 0 Å². The fourth-order valence-corrected chi connectivity index (χ4v) is 28.6. The van der Waals surface area contributed by atoms with Crippen molar-refractivity contribution in [2.45, 2.75) is 0 Å². The fourth-order valence-electron chi connectivity index (χ4n) is 17.0. The van der Waals surface area contributed by atoms with Gasteiger partial charge >= 0.3 is 363 Å².